The smallest absolute Gasteiger partial charge is 0.416 e. The minimum atomic E-state index is -4.55. The Labute approximate surface area is 149 Å². The topological polar surface area (TPSA) is 55.1 Å². The van der Waals surface area contributed by atoms with Crippen LogP contribution < -0.4 is 0 Å². The highest BCUT2D eigenvalue weighted by Crippen LogP contribution is 2.33. The molecule has 2 aromatic carbocycles. The van der Waals surface area contributed by atoms with E-state index in [0.29, 0.717) is 15.6 Å². The number of halogens is 5. The maximum Gasteiger partial charge on any atom is 0.416 e. The second-order valence-corrected chi connectivity index (χ2v) is 6.12. The molecule has 0 fully saturated rings. The van der Waals surface area contributed by atoms with Crippen LogP contribution in [0.4, 0.5) is 13.2 Å². The maximum atomic E-state index is 13.0. The molecule has 9 heteroatoms. The second-order valence-electron chi connectivity index (χ2n) is 5.28. The molecule has 3 aromatic rings. The van der Waals surface area contributed by atoms with Crippen LogP contribution in [0.3, 0.4) is 0 Å². The fourth-order valence-electron chi connectivity index (χ4n) is 2.44. The molecule has 0 aliphatic heterocycles. The van der Waals surface area contributed by atoms with Crippen molar-refractivity contribution in [2.45, 2.75) is 12.7 Å². The first-order chi connectivity index (χ1) is 11.7. The lowest BCUT2D eigenvalue weighted by atomic mass is 10.1. The molecule has 0 spiro atoms. The number of hydrogen-bond acceptors (Lipinski definition) is 2. The lowest BCUT2D eigenvalue weighted by Crippen LogP contribution is -2.06. The summed E-state index contributed by atoms with van der Waals surface area (Å²) in [4.78, 5) is 11.3. The first kappa shape index (κ1) is 17.6. The molecule has 0 aliphatic rings. The summed E-state index contributed by atoms with van der Waals surface area (Å²) in [5, 5.41) is 14.0. The van der Waals surface area contributed by atoms with E-state index in [4.69, 9.17) is 23.2 Å². The lowest BCUT2D eigenvalue weighted by molar-refractivity contribution is -0.137. The molecule has 130 valence electrons. The Morgan fingerprint density at radius 2 is 1.88 bits per heavy atom. The molecule has 25 heavy (non-hydrogen) atoms. The van der Waals surface area contributed by atoms with E-state index in [0.717, 1.165) is 18.2 Å². The van der Waals surface area contributed by atoms with E-state index in [1.165, 1.54) is 10.7 Å². The Bertz CT molecular complexity index is 983. The van der Waals surface area contributed by atoms with Crippen molar-refractivity contribution in [3.63, 3.8) is 0 Å². The molecule has 0 bridgehead atoms. The Kier molecular flexibility index (Phi) is 4.38. The van der Waals surface area contributed by atoms with Gasteiger partial charge in [-0.3, -0.25) is 4.68 Å². The van der Waals surface area contributed by atoms with Crippen molar-refractivity contribution in [1.29, 1.82) is 0 Å². The van der Waals surface area contributed by atoms with E-state index >= 15 is 0 Å². The third kappa shape index (κ3) is 3.43. The standard InChI is InChI=1S/C16H9Cl2F3N2O2/c17-10-3-1-8(12(18)6-10)7-23-13-5-9(16(19,20)21)2-4-11(13)14(22-23)15(24)25/h1-6H,7H2,(H,24,25). The lowest BCUT2D eigenvalue weighted by Gasteiger charge is -2.09. The van der Waals surface area contributed by atoms with Crippen molar-refractivity contribution >= 4 is 40.1 Å². The number of aromatic carboxylic acids is 1. The van der Waals surface area contributed by atoms with E-state index in [2.05, 4.69) is 5.10 Å². The monoisotopic (exact) mass is 388 g/mol. The van der Waals surface area contributed by atoms with Crippen molar-refractivity contribution in [1.82, 2.24) is 9.78 Å². The second kappa shape index (κ2) is 6.24. The van der Waals surface area contributed by atoms with Gasteiger partial charge in [-0.15, -0.1) is 0 Å². The highest BCUT2D eigenvalue weighted by atomic mass is 35.5. The Hall–Kier alpha value is -2.25. The van der Waals surface area contributed by atoms with Gasteiger partial charge in [0.05, 0.1) is 17.6 Å². The predicted octanol–water partition coefficient (Wildman–Crippen LogP) is 5.11. The van der Waals surface area contributed by atoms with Crippen molar-refractivity contribution in [2.24, 2.45) is 0 Å². The van der Waals surface area contributed by atoms with Crippen LogP contribution in [0.1, 0.15) is 21.6 Å². The Morgan fingerprint density at radius 3 is 2.48 bits per heavy atom. The van der Waals surface area contributed by atoms with Crippen molar-refractivity contribution in [3.05, 3.63) is 63.3 Å². The zero-order valence-electron chi connectivity index (χ0n) is 12.3. The van der Waals surface area contributed by atoms with Crippen LogP contribution in [-0.2, 0) is 12.7 Å². The van der Waals surface area contributed by atoms with Crippen LogP contribution in [0.2, 0.25) is 10.0 Å². The number of carbonyl (C=O) groups is 1. The SMILES string of the molecule is O=C(O)c1nn(Cc2ccc(Cl)cc2Cl)c2cc(C(F)(F)F)ccc12. The van der Waals surface area contributed by atoms with E-state index in [1.807, 2.05) is 0 Å². The molecular formula is C16H9Cl2F3N2O2. The predicted molar refractivity (Wildman–Crippen MR) is 87.3 cm³/mol. The molecule has 0 radical (unpaired) electrons. The fourth-order valence-corrected chi connectivity index (χ4v) is 2.91. The quantitative estimate of drug-likeness (QED) is 0.678. The van der Waals surface area contributed by atoms with Gasteiger partial charge in [0.15, 0.2) is 5.69 Å². The van der Waals surface area contributed by atoms with Gasteiger partial charge in [0, 0.05) is 15.4 Å². The first-order valence-corrected chi connectivity index (χ1v) is 7.67. The molecule has 4 nitrogen and oxygen atoms in total. The molecule has 3 rings (SSSR count). The van der Waals surface area contributed by atoms with Gasteiger partial charge in [-0.1, -0.05) is 29.3 Å². The zero-order chi connectivity index (χ0) is 18.4. The van der Waals surface area contributed by atoms with Crippen LogP contribution >= 0.6 is 23.2 Å². The average molecular weight is 389 g/mol. The summed E-state index contributed by atoms with van der Waals surface area (Å²) in [6.07, 6.45) is -4.55. The number of benzene rings is 2. The zero-order valence-corrected chi connectivity index (χ0v) is 13.8. The minimum absolute atomic E-state index is 0.00108. The number of alkyl halides is 3. The van der Waals surface area contributed by atoms with E-state index in [9.17, 15) is 23.1 Å². The summed E-state index contributed by atoms with van der Waals surface area (Å²) in [5.41, 5.74) is -0.614. The van der Waals surface area contributed by atoms with Crippen molar-refractivity contribution in [2.75, 3.05) is 0 Å². The molecule has 1 N–H and O–H groups in total. The molecule has 0 atom stereocenters. The van der Waals surface area contributed by atoms with Crippen LogP contribution in [0.25, 0.3) is 10.9 Å². The van der Waals surface area contributed by atoms with E-state index < -0.39 is 17.7 Å². The van der Waals surface area contributed by atoms with Gasteiger partial charge in [0.25, 0.3) is 0 Å². The maximum absolute atomic E-state index is 13.0. The number of hydrogen-bond donors (Lipinski definition) is 1. The molecule has 0 aliphatic carbocycles. The summed E-state index contributed by atoms with van der Waals surface area (Å²) in [6.45, 7) is 0.00108. The van der Waals surface area contributed by atoms with Gasteiger partial charge in [-0.05, 0) is 35.9 Å². The summed E-state index contributed by atoms with van der Waals surface area (Å²) in [7, 11) is 0. The molecule has 0 saturated carbocycles. The van der Waals surface area contributed by atoms with Gasteiger partial charge in [0.1, 0.15) is 0 Å². The molecule has 0 saturated heterocycles. The van der Waals surface area contributed by atoms with E-state index in [1.54, 1.807) is 12.1 Å². The number of nitrogens with zero attached hydrogens (tertiary/aromatic N) is 2. The molecular weight excluding hydrogens is 380 g/mol. The highest BCUT2D eigenvalue weighted by Gasteiger charge is 2.31. The summed E-state index contributed by atoms with van der Waals surface area (Å²) in [6, 6.07) is 7.48. The number of rotatable bonds is 3. The summed E-state index contributed by atoms with van der Waals surface area (Å²) in [5.74, 6) is -1.33. The molecule has 1 heterocycles. The molecule has 1 aromatic heterocycles. The summed E-state index contributed by atoms with van der Waals surface area (Å²) < 4.78 is 40.1. The number of aromatic nitrogens is 2. The van der Waals surface area contributed by atoms with Gasteiger partial charge < -0.3 is 5.11 Å². The normalized spacial score (nSPS) is 11.9. The third-order valence-corrected chi connectivity index (χ3v) is 4.20. The fraction of sp³-hybridized carbons (Fsp3) is 0.125. The Balaban J connectivity index is 2.17. The molecule has 0 amide bonds. The van der Waals surface area contributed by atoms with Crippen LogP contribution in [-0.4, -0.2) is 20.9 Å². The van der Waals surface area contributed by atoms with Crippen LogP contribution in [0.5, 0.6) is 0 Å². The van der Waals surface area contributed by atoms with Gasteiger partial charge in [-0.2, -0.15) is 18.3 Å². The molecule has 0 unspecified atom stereocenters. The highest BCUT2D eigenvalue weighted by molar-refractivity contribution is 6.35. The largest absolute Gasteiger partial charge is 0.476 e. The average Bonchev–Trinajstić information content (AvgIpc) is 2.87. The van der Waals surface area contributed by atoms with Gasteiger partial charge >= 0.3 is 12.1 Å². The van der Waals surface area contributed by atoms with Crippen LogP contribution in [0.15, 0.2) is 36.4 Å². The number of carboxylic acids is 1. The van der Waals surface area contributed by atoms with Gasteiger partial charge in [0.2, 0.25) is 0 Å². The van der Waals surface area contributed by atoms with Crippen molar-refractivity contribution < 1.29 is 23.1 Å². The Morgan fingerprint density at radius 1 is 1.16 bits per heavy atom. The summed E-state index contributed by atoms with van der Waals surface area (Å²) >= 11 is 11.9. The van der Waals surface area contributed by atoms with Gasteiger partial charge in [-0.25, -0.2) is 4.79 Å². The van der Waals surface area contributed by atoms with E-state index in [-0.39, 0.29) is 23.1 Å². The third-order valence-electron chi connectivity index (χ3n) is 3.62. The first-order valence-electron chi connectivity index (χ1n) is 6.92. The number of fused-ring (bicyclic) bond motifs is 1. The van der Waals surface area contributed by atoms with Crippen LogP contribution in [0, 0.1) is 0 Å². The minimum Gasteiger partial charge on any atom is -0.476 e. The number of carboxylic acid groups (broad SMARTS) is 1. The van der Waals surface area contributed by atoms with Crippen molar-refractivity contribution in [3.8, 4) is 0 Å².